The van der Waals surface area contributed by atoms with Crippen LogP contribution in [0.25, 0.3) is 0 Å². The van der Waals surface area contributed by atoms with Crippen molar-refractivity contribution in [3.8, 4) is 11.5 Å². The van der Waals surface area contributed by atoms with Crippen molar-refractivity contribution >= 4 is 23.5 Å². The van der Waals surface area contributed by atoms with Crippen LogP contribution in [0.5, 0.6) is 11.5 Å². The van der Waals surface area contributed by atoms with Gasteiger partial charge in [0, 0.05) is 36.0 Å². The number of hydrogen-bond acceptors (Lipinski definition) is 6. The molecule has 1 amide bonds. The van der Waals surface area contributed by atoms with Gasteiger partial charge < -0.3 is 24.0 Å². The Balaban J connectivity index is 1.70. The van der Waals surface area contributed by atoms with Crippen molar-refractivity contribution in [1.82, 2.24) is 4.90 Å². The molecule has 0 unspecified atom stereocenters. The summed E-state index contributed by atoms with van der Waals surface area (Å²) in [5.41, 5.74) is 0.692. The standard InChI is InChI=1S/C23H30N2O4S/c1-23(2,3)29-22(26)25-14-12-24(13-15-25)18-8-6-7-9-21(18)30-17-10-11-19(27-4)20(16-17)28-5/h6-11,16H,12-15H2,1-5H3. The molecule has 30 heavy (non-hydrogen) atoms. The molecule has 0 bridgehead atoms. The van der Waals surface area contributed by atoms with Crippen molar-refractivity contribution in [2.24, 2.45) is 0 Å². The molecule has 0 atom stereocenters. The SMILES string of the molecule is COc1ccc(Sc2ccccc2N2CCN(C(=O)OC(C)(C)C)CC2)cc1OC. The number of piperazine rings is 1. The highest BCUT2D eigenvalue weighted by Crippen LogP contribution is 2.39. The van der Waals surface area contributed by atoms with Crippen LogP contribution in [0.15, 0.2) is 52.3 Å². The van der Waals surface area contributed by atoms with Crippen LogP contribution in [-0.2, 0) is 4.74 Å². The van der Waals surface area contributed by atoms with Gasteiger partial charge in [-0.05, 0) is 51.1 Å². The maximum absolute atomic E-state index is 12.3. The number of hydrogen-bond donors (Lipinski definition) is 0. The van der Waals surface area contributed by atoms with Crippen LogP contribution in [-0.4, -0.2) is 57.0 Å². The van der Waals surface area contributed by atoms with Crippen LogP contribution in [0.4, 0.5) is 10.5 Å². The number of para-hydroxylation sites is 1. The number of carbonyl (C=O) groups is 1. The summed E-state index contributed by atoms with van der Waals surface area (Å²) in [7, 11) is 3.28. The van der Waals surface area contributed by atoms with Crippen LogP contribution >= 0.6 is 11.8 Å². The van der Waals surface area contributed by atoms with E-state index in [1.54, 1.807) is 30.9 Å². The Morgan fingerprint density at radius 2 is 1.60 bits per heavy atom. The van der Waals surface area contributed by atoms with Gasteiger partial charge in [-0.3, -0.25) is 0 Å². The second-order valence-corrected chi connectivity index (χ2v) is 9.16. The van der Waals surface area contributed by atoms with Gasteiger partial charge in [-0.25, -0.2) is 4.79 Å². The molecule has 2 aromatic carbocycles. The third-order valence-electron chi connectivity index (χ3n) is 4.72. The lowest BCUT2D eigenvalue weighted by Crippen LogP contribution is -2.50. The molecule has 162 valence electrons. The number of methoxy groups -OCH3 is 2. The van der Waals surface area contributed by atoms with Crippen LogP contribution < -0.4 is 14.4 Å². The fourth-order valence-corrected chi connectivity index (χ4v) is 4.27. The van der Waals surface area contributed by atoms with Gasteiger partial charge in [0.2, 0.25) is 0 Å². The first-order valence-electron chi connectivity index (χ1n) is 10.0. The minimum atomic E-state index is -0.475. The maximum Gasteiger partial charge on any atom is 0.410 e. The van der Waals surface area contributed by atoms with Crippen molar-refractivity contribution in [2.75, 3.05) is 45.3 Å². The molecular formula is C23H30N2O4S. The summed E-state index contributed by atoms with van der Waals surface area (Å²) < 4.78 is 16.3. The maximum atomic E-state index is 12.3. The summed E-state index contributed by atoms with van der Waals surface area (Å²) in [6, 6.07) is 14.3. The third kappa shape index (κ3) is 5.53. The zero-order valence-corrected chi connectivity index (χ0v) is 19.1. The van der Waals surface area contributed by atoms with Gasteiger partial charge in [0.05, 0.1) is 19.9 Å². The van der Waals surface area contributed by atoms with Gasteiger partial charge in [-0.15, -0.1) is 0 Å². The van der Waals surface area contributed by atoms with E-state index in [9.17, 15) is 4.79 Å². The molecule has 1 saturated heterocycles. The number of nitrogens with zero attached hydrogens (tertiary/aromatic N) is 2. The molecule has 2 aromatic rings. The fraction of sp³-hybridized carbons (Fsp3) is 0.435. The third-order valence-corrected chi connectivity index (χ3v) is 5.77. The summed E-state index contributed by atoms with van der Waals surface area (Å²) in [5.74, 6) is 1.43. The van der Waals surface area contributed by atoms with Crippen LogP contribution in [0, 0.1) is 0 Å². The Bertz CT molecular complexity index is 874. The molecular weight excluding hydrogens is 400 g/mol. The summed E-state index contributed by atoms with van der Waals surface area (Å²) in [4.78, 5) is 18.7. The topological polar surface area (TPSA) is 51.2 Å². The first-order valence-corrected chi connectivity index (χ1v) is 10.8. The van der Waals surface area contributed by atoms with Gasteiger partial charge >= 0.3 is 6.09 Å². The van der Waals surface area contributed by atoms with Gasteiger partial charge in [-0.1, -0.05) is 23.9 Å². The number of carbonyl (C=O) groups excluding carboxylic acids is 1. The second-order valence-electron chi connectivity index (χ2n) is 8.04. The van der Waals surface area contributed by atoms with Gasteiger partial charge in [0.15, 0.2) is 11.5 Å². The summed E-state index contributed by atoms with van der Waals surface area (Å²) >= 11 is 1.69. The monoisotopic (exact) mass is 430 g/mol. The molecule has 0 saturated carbocycles. The first kappa shape index (κ1) is 22.2. The number of benzene rings is 2. The van der Waals surface area contributed by atoms with Crippen molar-refractivity contribution in [2.45, 2.75) is 36.2 Å². The molecule has 3 rings (SSSR count). The van der Waals surface area contributed by atoms with E-state index in [-0.39, 0.29) is 6.09 Å². The van der Waals surface area contributed by atoms with E-state index >= 15 is 0 Å². The van der Waals surface area contributed by atoms with Gasteiger partial charge in [-0.2, -0.15) is 0 Å². The second kappa shape index (κ2) is 9.51. The lowest BCUT2D eigenvalue weighted by molar-refractivity contribution is 0.0240. The lowest BCUT2D eigenvalue weighted by atomic mass is 10.2. The van der Waals surface area contributed by atoms with E-state index in [0.717, 1.165) is 22.9 Å². The number of amides is 1. The highest BCUT2D eigenvalue weighted by atomic mass is 32.2. The first-order chi connectivity index (χ1) is 14.3. The number of anilines is 1. The zero-order chi connectivity index (χ0) is 21.7. The molecule has 0 N–H and O–H groups in total. The predicted octanol–water partition coefficient (Wildman–Crippen LogP) is 4.91. The van der Waals surface area contributed by atoms with Crippen LogP contribution in [0.1, 0.15) is 20.8 Å². The Morgan fingerprint density at radius 3 is 2.23 bits per heavy atom. The zero-order valence-electron chi connectivity index (χ0n) is 18.3. The molecule has 1 aliphatic heterocycles. The van der Waals surface area contributed by atoms with Gasteiger partial charge in [0.1, 0.15) is 5.60 Å². The molecule has 6 nitrogen and oxygen atoms in total. The minimum absolute atomic E-state index is 0.241. The molecule has 7 heteroatoms. The molecule has 0 aliphatic carbocycles. The molecule has 1 heterocycles. The van der Waals surface area contributed by atoms with E-state index in [1.165, 1.54) is 5.69 Å². The Hall–Kier alpha value is -2.54. The largest absolute Gasteiger partial charge is 0.493 e. The smallest absolute Gasteiger partial charge is 0.410 e. The summed E-state index contributed by atoms with van der Waals surface area (Å²) in [6.07, 6.45) is -0.241. The van der Waals surface area contributed by atoms with E-state index in [1.807, 2.05) is 51.1 Å². The number of rotatable bonds is 5. The van der Waals surface area contributed by atoms with Crippen molar-refractivity contribution < 1.29 is 19.0 Å². The van der Waals surface area contributed by atoms with Gasteiger partial charge in [0.25, 0.3) is 0 Å². The van der Waals surface area contributed by atoms with Crippen molar-refractivity contribution in [3.05, 3.63) is 42.5 Å². The molecule has 0 aromatic heterocycles. The predicted molar refractivity (Wildman–Crippen MR) is 120 cm³/mol. The highest BCUT2D eigenvalue weighted by Gasteiger charge is 2.26. The van der Waals surface area contributed by atoms with E-state index in [4.69, 9.17) is 14.2 Å². The normalized spacial score (nSPS) is 14.4. The molecule has 0 radical (unpaired) electrons. The fourth-order valence-electron chi connectivity index (χ4n) is 3.27. The molecule has 0 spiro atoms. The summed E-state index contributed by atoms with van der Waals surface area (Å²) in [6.45, 7) is 8.49. The Morgan fingerprint density at radius 1 is 0.933 bits per heavy atom. The molecule has 1 aliphatic rings. The molecule has 1 fully saturated rings. The Kier molecular flexibility index (Phi) is 7.02. The van der Waals surface area contributed by atoms with Crippen molar-refractivity contribution in [3.63, 3.8) is 0 Å². The van der Waals surface area contributed by atoms with Crippen molar-refractivity contribution in [1.29, 1.82) is 0 Å². The number of ether oxygens (including phenoxy) is 3. The average molecular weight is 431 g/mol. The van der Waals surface area contributed by atoms with E-state index < -0.39 is 5.60 Å². The lowest BCUT2D eigenvalue weighted by Gasteiger charge is -2.37. The quantitative estimate of drug-likeness (QED) is 0.672. The van der Waals surface area contributed by atoms with E-state index in [0.29, 0.717) is 24.6 Å². The average Bonchev–Trinajstić information content (AvgIpc) is 2.73. The van der Waals surface area contributed by atoms with E-state index in [2.05, 4.69) is 17.0 Å². The van der Waals surface area contributed by atoms with Crippen LogP contribution in [0.2, 0.25) is 0 Å². The highest BCUT2D eigenvalue weighted by molar-refractivity contribution is 7.99. The minimum Gasteiger partial charge on any atom is -0.493 e. The summed E-state index contributed by atoms with van der Waals surface area (Å²) in [5, 5.41) is 0. The Labute approximate surface area is 183 Å². The van der Waals surface area contributed by atoms with Crippen LogP contribution in [0.3, 0.4) is 0 Å².